The fourth-order valence-corrected chi connectivity index (χ4v) is 2.54. The van der Waals surface area contributed by atoms with Gasteiger partial charge in [-0.15, -0.1) is 0 Å². The maximum Gasteiger partial charge on any atom is 0.164 e. The lowest BCUT2D eigenvalue weighted by Crippen LogP contribution is -2.28. The second-order valence-corrected chi connectivity index (χ2v) is 7.89. The minimum Gasteiger partial charge on any atom is -0.512 e. The number of hydrogen-bond acceptors (Lipinski definition) is 9. The van der Waals surface area contributed by atoms with E-state index in [1.165, 1.54) is 60.2 Å². The number of ketones is 3. The Kier molecular flexibility index (Phi) is 11.8. The SMILES string of the molecule is CC(=O)/C(C=NCC(C)(CN=C/C(C(C)=O)=C(/C)O)CN=C/C(C(C)=O)=C(/C)O)=C(/C)O. The van der Waals surface area contributed by atoms with Crippen LogP contribution in [0.5, 0.6) is 0 Å². The molecule has 0 aliphatic rings. The Labute approximate surface area is 188 Å². The highest BCUT2D eigenvalue weighted by Crippen LogP contribution is 2.19. The molecule has 32 heavy (non-hydrogen) atoms. The number of carbonyl (C=O) groups is 3. The van der Waals surface area contributed by atoms with Gasteiger partial charge in [0.25, 0.3) is 0 Å². The van der Waals surface area contributed by atoms with Crippen LogP contribution in [0.25, 0.3) is 0 Å². The molecular weight excluding hydrogens is 414 g/mol. The van der Waals surface area contributed by atoms with E-state index in [0.717, 1.165) is 0 Å². The molecule has 0 aliphatic heterocycles. The highest BCUT2D eigenvalue weighted by Gasteiger charge is 2.24. The van der Waals surface area contributed by atoms with E-state index in [0.29, 0.717) is 0 Å². The van der Waals surface area contributed by atoms with Gasteiger partial charge < -0.3 is 15.3 Å². The summed E-state index contributed by atoms with van der Waals surface area (Å²) < 4.78 is 0. The summed E-state index contributed by atoms with van der Waals surface area (Å²) in [5.74, 6) is -1.46. The van der Waals surface area contributed by atoms with Crippen LogP contribution < -0.4 is 0 Å². The molecule has 0 heterocycles. The monoisotopic (exact) mass is 447 g/mol. The Morgan fingerprint density at radius 2 is 0.812 bits per heavy atom. The number of nitrogens with zero attached hydrogens (tertiary/aromatic N) is 3. The Morgan fingerprint density at radius 3 is 0.969 bits per heavy atom. The van der Waals surface area contributed by atoms with Gasteiger partial charge in [-0.05, 0) is 41.5 Å². The van der Waals surface area contributed by atoms with E-state index in [1.807, 2.05) is 6.92 Å². The van der Waals surface area contributed by atoms with Gasteiger partial charge in [-0.1, -0.05) is 6.92 Å². The summed E-state index contributed by atoms with van der Waals surface area (Å²) in [6, 6.07) is 0. The van der Waals surface area contributed by atoms with Crippen molar-refractivity contribution in [2.75, 3.05) is 19.6 Å². The number of allylic oxidation sites excluding steroid dienone is 6. The number of rotatable bonds is 12. The number of aliphatic imine (C=N–C) groups is 3. The molecule has 0 amide bonds. The molecule has 3 N–H and O–H groups in total. The zero-order valence-corrected chi connectivity index (χ0v) is 19.8. The van der Waals surface area contributed by atoms with Gasteiger partial charge in [0.05, 0.1) is 16.7 Å². The zero-order valence-electron chi connectivity index (χ0n) is 19.8. The minimum atomic E-state index is -0.703. The van der Waals surface area contributed by atoms with Crippen LogP contribution >= 0.6 is 0 Å². The van der Waals surface area contributed by atoms with Crippen LogP contribution in [-0.4, -0.2) is 70.9 Å². The fraction of sp³-hybridized carbons (Fsp3) is 0.478. The van der Waals surface area contributed by atoms with Crippen LogP contribution in [0.1, 0.15) is 48.5 Å². The van der Waals surface area contributed by atoms with Gasteiger partial charge in [0.1, 0.15) is 17.3 Å². The van der Waals surface area contributed by atoms with E-state index in [-0.39, 0.29) is 71.0 Å². The number of Topliss-reactive ketones (excluding diaryl/α,β-unsaturated/α-hetero) is 3. The fourth-order valence-electron chi connectivity index (χ4n) is 2.54. The predicted molar refractivity (Wildman–Crippen MR) is 126 cm³/mol. The number of aliphatic hydroxyl groups is 3. The average Bonchev–Trinajstić information content (AvgIpc) is 2.64. The van der Waals surface area contributed by atoms with E-state index in [4.69, 9.17) is 0 Å². The normalized spacial score (nSPS) is 16.6. The predicted octanol–water partition coefficient (Wildman–Crippen LogP) is 3.47. The molecule has 0 aliphatic carbocycles. The first kappa shape index (κ1) is 28.6. The molecular formula is C23H33N3O6. The van der Waals surface area contributed by atoms with Crippen molar-refractivity contribution < 1.29 is 29.7 Å². The maximum atomic E-state index is 11.6. The van der Waals surface area contributed by atoms with Gasteiger partial charge in [0.2, 0.25) is 0 Å². The van der Waals surface area contributed by atoms with Crippen molar-refractivity contribution in [3.63, 3.8) is 0 Å². The first-order valence-electron chi connectivity index (χ1n) is 9.93. The zero-order chi connectivity index (χ0) is 25.1. The Hall–Kier alpha value is -3.36. The summed E-state index contributed by atoms with van der Waals surface area (Å²) in [4.78, 5) is 47.6. The smallest absolute Gasteiger partial charge is 0.164 e. The van der Waals surface area contributed by atoms with Crippen molar-refractivity contribution in [2.24, 2.45) is 20.4 Å². The van der Waals surface area contributed by atoms with Crippen LogP contribution in [0.4, 0.5) is 0 Å². The number of carbonyl (C=O) groups excluding carboxylic acids is 3. The van der Waals surface area contributed by atoms with Crippen molar-refractivity contribution in [3.05, 3.63) is 34.0 Å². The summed E-state index contributed by atoms with van der Waals surface area (Å²) in [6.45, 7) is 10.4. The molecule has 9 nitrogen and oxygen atoms in total. The summed E-state index contributed by atoms with van der Waals surface area (Å²) in [7, 11) is 0. The van der Waals surface area contributed by atoms with Gasteiger partial charge >= 0.3 is 0 Å². The topological polar surface area (TPSA) is 149 Å². The highest BCUT2D eigenvalue weighted by molar-refractivity contribution is 6.13. The lowest BCUT2D eigenvalue weighted by molar-refractivity contribution is -0.114. The van der Waals surface area contributed by atoms with Crippen molar-refractivity contribution in [1.29, 1.82) is 0 Å². The Morgan fingerprint density at radius 1 is 0.594 bits per heavy atom. The third kappa shape index (κ3) is 10.1. The van der Waals surface area contributed by atoms with E-state index in [9.17, 15) is 29.7 Å². The molecule has 0 atom stereocenters. The number of aliphatic hydroxyl groups excluding tert-OH is 3. The van der Waals surface area contributed by atoms with Crippen LogP contribution in [0.2, 0.25) is 0 Å². The molecule has 0 unspecified atom stereocenters. The van der Waals surface area contributed by atoms with Crippen LogP contribution in [0.15, 0.2) is 49.0 Å². The minimum absolute atomic E-state index is 0.0785. The van der Waals surface area contributed by atoms with Crippen molar-refractivity contribution in [1.82, 2.24) is 0 Å². The van der Waals surface area contributed by atoms with Crippen LogP contribution in [-0.2, 0) is 14.4 Å². The second kappa shape index (κ2) is 13.1. The van der Waals surface area contributed by atoms with E-state index in [2.05, 4.69) is 15.0 Å². The highest BCUT2D eigenvalue weighted by atomic mass is 16.3. The third-order valence-corrected chi connectivity index (χ3v) is 4.39. The number of hydrogen-bond donors (Lipinski definition) is 3. The Balaban J connectivity index is 5.86. The van der Waals surface area contributed by atoms with Crippen molar-refractivity contribution in [2.45, 2.75) is 48.5 Å². The van der Waals surface area contributed by atoms with Crippen molar-refractivity contribution >= 4 is 36.0 Å². The molecule has 0 fully saturated rings. The molecule has 0 saturated carbocycles. The lowest BCUT2D eigenvalue weighted by Gasteiger charge is -2.23. The van der Waals surface area contributed by atoms with Gasteiger partial charge in [-0.25, -0.2) is 0 Å². The summed E-state index contributed by atoms with van der Waals surface area (Å²) in [6.07, 6.45) is 3.84. The van der Waals surface area contributed by atoms with Gasteiger partial charge in [0, 0.05) is 43.7 Å². The molecule has 0 aromatic carbocycles. The quantitative estimate of drug-likeness (QED) is 0.237. The molecule has 0 bridgehead atoms. The second-order valence-electron chi connectivity index (χ2n) is 7.89. The average molecular weight is 448 g/mol. The molecule has 0 saturated heterocycles. The largest absolute Gasteiger partial charge is 0.512 e. The van der Waals surface area contributed by atoms with E-state index in [1.54, 1.807) is 0 Å². The molecule has 0 radical (unpaired) electrons. The Bertz CT molecular complexity index is 791. The molecule has 0 spiro atoms. The van der Waals surface area contributed by atoms with Gasteiger partial charge in [-0.2, -0.15) is 0 Å². The van der Waals surface area contributed by atoms with Gasteiger partial charge in [-0.3, -0.25) is 29.4 Å². The van der Waals surface area contributed by atoms with Crippen LogP contribution in [0.3, 0.4) is 0 Å². The van der Waals surface area contributed by atoms with Gasteiger partial charge in [0.15, 0.2) is 17.3 Å². The third-order valence-electron chi connectivity index (χ3n) is 4.39. The first-order valence-corrected chi connectivity index (χ1v) is 9.93. The maximum absolute atomic E-state index is 11.6. The summed E-state index contributed by atoms with van der Waals surface area (Å²) in [5, 5.41) is 28.9. The molecule has 0 rings (SSSR count). The molecule has 0 aromatic heterocycles. The van der Waals surface area contributed by atoms with Crippen LogP contribution in [0, 0.1) is 5.41 Å². The first-order chi connectivity index (χ1) is 14.7. The molecule has 176 valence electrons. The molecule has 0 aromatic rings. The van der Waals surface area contributed by atoms with Crippen molar-refractivity contribution in [3.8, 4) is 0 Å². The summed E-state index contributed by atoms with van der Waals surface area (Å²) in [5.41, 5.74) is -0.468. The van der Waals surface area contributed by atoms with E-state index < -0.39 is 5.41 Å². The lowest BCUT2D eigenvalue weighted by atomic mass is 9.90. The summed E-state index contributed by atoms with van der Waals surface area (Å²) >= 11 is 0. The van der Waals surface area contributed by atoms with E-state index >= 15 is 0 Å². The standard InChI is InChI=1S/C23H33N3O6/c1-14(27)20(15(2)28)8-24-11-23(7,12-25-9-21(16(3)29)17(4)30)13-26-10-22(18(5)31)19(6)32/h8-10,27,29,31H,11-13H2,1-7H3/b20-14-,21-16+,22-18+,24-8?,25-9?,26-10?. The molecule has 9 heteroatoms.